The number of nitrogens with zero attached hydrogens (tertiary/aromatic N) is 4. The zero-order valence-corrected chi connectivity index (χ0v) is 13.2. The Balaban J connectivity index is 1.64. The highest BCUT2D eigenvalue weighted by Gasteiger charge is 2.08. The first-order valence-corrected chi connectivity index (χ1v) is 7.89. The van der Waals surface area contributed by atoms with Crippen LogP contribution in [-0.4, -0.2) is 21.0 Å². The van der Waals surface area contributed by atoms with Crippen molar-refractivity contribution in [2.24, 2.45) is 0 Å². The van der Waals surface area contributed by atoms with E-state index in [9.17, 15) is 4.79 Å². The summed E-state index contributed by atoms with van der Waals surface area (Å²) in [6, 6.07) is 10.4. The lowest BCUT2D eigenvalue weighted by Crippen LogP contribution is -2.20. The minimum absolute atomic E-state index is 0.193. The molecule has 24 heavy (non-hydrogen) atoms. The number of carbonyl (C=O) groups is 1. The Morgan fingerprint density at radius 2 is 1.92 bits per heavy atom. The van der Waals surface area contributed by atoms with E-state index in [4.69, 9.17) is 5.26 Å². The van der Waals surface area contributed by atoms with Crippen molar-refractivity contribution < 1.29 is 4.79 Å². The lowest BCUT2D eigenvalue weighted by atomic mass is 10.3. The average Bonchev–Trinajstić information content (AvgIpc) is 3.04. The van der Waals surface area contributed by atoms with Crippen LogP contribution in [0.4, 0.5) is 16.4 Å². The van der Waals surface area contributed by atoms with Gasteiger partial charge in [0, 0.05) is 23.3 Å². The molecule has 118 valence electrons. The molecular formula is C16H12N6OS. The number of pyridine rings is 2. The fourth-order valence-electron chi connectivity index (χ4n) is 1.95. The molecule has 0 radical (unpaired) electrons. The summed E-state index contributed by atoms with van der Waals surface area (Å²) in [5.41, 5.74) is 1.54. The van der Waals surface area contributed by atoms with Gasteiger partial charge < -0.3 is 0 Å². The van der Waals surface area contributed by atoms with Crippen molar-refractivity contribution in [2.45, 2.75) is 6.42 Å². The monoisotopic (exact) mass is 336 g/mol. The molecule has 0 fully saturated rings. The zero-order valence-electron chi connectivity index (χ0n) is 12.4. The van der Waals surface area contributed by atoms with Gasteiger partial charge in [-0.2, -0.15) is 5.26 Å². The quantitative estimate of drug-likeness (QED) is 0.760. The van der Waals surface area contributed by atoms with Crippen molar-refractivity contribution in [1.29, 1.82) is 5.26 Å². The zero-order chi connectivity index (χ0) is 16.8. The van der Waals surface area contributed by atoms with Gasteiger partial charge in [0.05, 0.1) is 18.2 Å². The molecule has 2 amide bonds. The molecule has 0 aliphatic rings. The van der Waals surface area contributed by atoms with E-state index in [0.717, 1.165) is 10.6 Å². The summed E-state index contributed by atoms with van der Waals surface area (Å²) >= 11 is 1.43. The van der Waals surface area contributed by atoms with Crippen LogP contribution in [0.2, 0.25) is 0 Å². The molecule has 0 spiro atoms. The van der Waals surface area contributed by atoms with Crippen LogP contribution in [-0.2, 0) is 6.42 Å². The number of hydrogen-bond donors (Lipinski definition) is 2. The van der Waals surface area contributed by atoms with E-state index < -0.39 is 6.03 Å². The molecule has 0 aliphatic carbocycles. The summed E-state index contributed by atoms with van der Waals surface area (Å²) in [4.78, 5) is 24.5. The lowest BCUT2D eigenvalue weighted by Gasteiger charge is -2.05. The largest absolute Gasteiger partial charge is 0.326 e. The number of aromatic nitrogens is 3. The van der Waals surface area contributed by atoms with Gasteiger partial charge in [-0.1, -0.05) is 6.07 Å². The van der Waals surface area contributed by atoms with Crippen LogP contribution in [0.1, 0.15) is 5.69 Å². The third-order valence-corrected chi connectivity index (χ3v) is 3.87. The van der Waals surface area contributed by atoms with Crippen LogP contribution >= 0.6 is 11.3 Å². The summed E-state index contributed by atoms with van der Waals surface area (Å²) in [5, 5.41) is 16.5. The van der Waals surface area contributed by atoms with Crippen molar-refractivity contribution >= 4 is 29.0 Å². The van der Waals surface area contributed by atoms with Gasteiger partial charge in [-0.15, -0.1) is 11.3 Å². The normalized spacial score (nSPS) is 9.96. The summed E-state index contributed by atoms with van der Waals surface area (Å²) in [6.45, 7) is 0. The first kappa shape index (κ1) is 15.6. The predicted octanol–water partition coefficient (Wildman–Crippen LogP) is 3.31. The van der Waals surface area contributed by atoms with E-state index in [1.807, 2.05) is 18.2 Å². The van der Waals surface area contributed by atoms with E-state index in [1.165, 1.54) is 11.3 Å². The summed E-state index contributed by atoms with van der Waals surface area (Å²) < 4.78 is 0. The second-order valence-corrected chi connectivity index (χ2v) is 5.56. The molecule has 0 saturated carbocycles. The fourth-order valence-corrected chi connectivity index (χ4v) is 2.71. The molecule has 0 atom stereocenters. The molecule has 0 bridgehead atoms. The molecule has 2 N–H and O–H groups in total. The van der Waals surface area contributed by atoms with E-state index in [-0.39, 0.29) is 6.42 Å². The Morgan fingerprint density at radius 1 is 1.12 bits per heavy atom. The molecular weight excluding hydrogens is 324 g/mol. The van der Waals surface area contributed by atoms with Gasteiger partial charge in [-0.25, -0.2) is 14.8 Å². The number of nitrogens with one attached hydrogen (secondary N) is 2. The smallest absolute Gasteiger partial charge is 0.292 e. The SMILES string of the molecule is N#CCc1cccc(NC(=O)Nc2csc(-c3ccncc3)n2)n1. The molecule has 3 aromatic rings. The topological polar surface area (TPSA) is 104 Å². The van der Waals surface area contributed by atoms with Gasteiger partial charge >= 0.3 is 6.03 Å². The molecule has 3 rings (SSSR count). The highest BCUT2D eigenvalue weighted by Crippen LogP contribution is 2.25. The number of carbonyl (C=O) groups excluding carboxylic acids is 1. The Bertz CT molecular complexity index is 887. The van der Waals surface area contributed by atoms with Crippen molar-refractivity contribution in [3.05, 3.63) is 53.8 Å². The van der Waals surface area contributed by atoms with E-state index in [2.05, 4.69) is 25.6 Å². The number of amides is 2. The molecule has 0 saturated heterocycles. The van der Waals surface area contributed by atoms with Crippen molar-refractivity contribution in [1.82, 2.24) is 15.0 Å². The maximum atomic E-state index is 12.0. The minimum atomic E-state index is -0.441. The lowest BCUT2D eigenvalue weighted by molar-refractivity contribution is 0.262. The third kappa shape index (κ3) is 3.91. The number of urea groups is 1. The summed E-state index contributed by atoms with van der Waals surface area (Å²) in [5.74, 6) is 0.835. The third-order valence-electron chi connectivity index (χ3n) is 2.98. The van der Waals surface area contributed by atoms with Crippen LogP contribution < -0.4 is 10.6 Å². The average molecular weight is 336 g/mol. The van der Waals surface area contributed by atoms with Gasteiger partial charge in [0.2, 0.25) is 0 Å². The second-order valence-electron chi connectivity index (χ2n) is 4.70. The predicted molar refractivity (Wildman–Crippen MR) is 91.5 cm³/mol. The van der Waals surface area contributed by atoms with Gasteiger partial charge in [-0.3, -0.25) is 15.6 Å². The number of anilines is 2. The maximum absolute atomic E-state index is 12.0. The number of thiazole rings is 1. The molecule has 0 aliphatic heterocycles. The number of hydrogen-bond acceptors (Lipinski definition) is 6. The highest BCUT2D eigenvalue weighted by molar-refractivity contribution is 7.13. The van der Waals surface area contributed by atoms with Crippen LogP contribution in [0, 0.1) is 11.3 Å². The van der Waals surface area contributed by atoms with Gasteiger partial charge in [0.1, 0.15) is 16.6 Å². The van der Waals surface area contributed by atoms with Crippen LogP contribution in [0.25, 0.3) is 10.6 Å². The van der Waals surface area contributed by atoms with Crippen molar-refractivity contribution in [3.63, 3.8) is 0 Å². The molecule has 3 aromatic heterocycles. The van der Waals surface area contributed by atoms with Crippen molar-refractivity contribution in [2.75, 3.05) is 10.6 Å². The summed E-state index contributed by atoms with van der Waals surface area (Å²) in [6.07, 6.45) is 3.57. The summed E-state index contributed by atoms with van der Waals surface area (Å²) in [7, 11) is 0. The van der Waals surface area contributed by atoms with E-state index in [0.29, 0.717) is 17.3 Å². The molecule has 7 nitrogen and oxygen atoms in total. The fraction of sp³-hybridized carbons (Fsp3) is 0.0625. The molecule has 0 aromatic carbocycles. The van der Waals surface area contributed by atoms with Gasteiger partial charge in [-0.05, 0) is 24.3 Å². The molecule has 3 heterocycles. The van der Waals surface area contributed by atoms with Gasteiger partial charge in [0.15, 0.2) is 0 Å². The molecule has 8 heteroatoms. The van der Waals surface area contributed by atoms with Crippen LogP contribution in [0.15, 0.2) is 48.1 Å². The first-order valence-electron chi connectivity index (χ1n) is 7.01. The second kappa shape index (κ2) is 7.30. The van der Waals surface area contributed by atoms with Crippen LogP contribution in [0.5, 0.6) is 0 Å². The Kier molecular flexibility index (Phi) is 4.74. The van der Waals surface area contributed by atoms with E-state index in [1.54, 1.807) is 36.0 Å². The molecule has 0 unspecified atom stereocenters. The standard InChI is InChI=1S/C16H12N6OS/c17-7-4-12-2-1-3-13(19-12)21-16(23)22-14-10-24-15(20-14)11-5-8-18-9-6-11/h1-3,5-6,8-10H,4H2,(H2,19,21,22,23). The number of rotatable bonds is 4. The maximum Gasteiger partial charge on any atom is 0.326 e. The minimum Gasteiger partial charge on any atom is -0.292 e. The number of nitriles is 1. The first-order chi connectivity index (χ1) is 11.7. The van der Waals surface area contributed by atoms with Gasteiger partial charge in [0.25, 0.3) is 0 Å². The Morgan fingerprint density at radius 3 is 2.71 bits per heavy atom. The Hall–Kier alpha value is -3.31. The van der Waals surface area contributed by atoms with E-state index >= 15 is 0 Å². The van der Waals surface area contributed by atoms with Crippen LogP contribution in [0.3, 0.4) is 0 Å². The Labute approximate surface area is 142 Å². The highest BCUT2D eigenvalue weighted by atomic mass is 32.1. The van der Waals surface area contributed by atoms with Crippen molar-refractivity contribution in [3.8, 4) is 16.6 Å².